The van der Waals surface area contributed by atoms with E-state index >= 15 is 0 Å². The average molecular weight is 396 g/mol. The summed E-state index contributed by atoms with van der Waals surface area (Å²) in [6, 6.07) is 18.1. The molecule has 6 heteroatoms. The minimum atomic E-state index is -0.838. The second-order valence-electron chi connectivity index (χ2n) is 7.46. The number of piperazine rings is 1. The molecule has 1 N–H and O–H groups in total. The highest BCUT2D eigenvalue weighted by Gasteiger charge is 2.30. The van der Waals surface area contributed by atoms with E-state index in [2.05, 4.69) is 17.0 Å². The van der Waals surface area contributed by atoms with Crippen molar-refractivity contribution in [3.8, 4) is 0 Å². The number of hydrogen-bond donors (Lipinski definition) is 1. The summed E-state index contributed by atoms with van der Waals surface area (Å²) < 4.78 is 4.70. The van der Waals surface area contributed by atoms with Crippen LogP contribution in [0.4, 0.5) is 4.79 Å². The van der Waals surface area contributed by atoms with Crippen molar-refractivity contribution < 1.29 is 19.4 Å². The molecule has 0 aliphatic carbocycles. The van der Waals surface area contributed by atoms with Gasteiger partial charge < -0.3 is 14.7 Å². The van der Waals surface area contributed by atoms with E-state index in [-0.39, 0.29) is 18.4 Å². The molecule has 2 aromatic carbocycles. The van der Waals surface area contributed by atoms with Gasteiger partial charge >= 0.3 is 12.1 Å². The van der Waals surface area contributed by atoms with Crippen LogP contribution in [-0.2, 0) is 28.9 Å². The summed E-state index contributed by atoms with van der Waals surface area (Å²) in [5.41, 5.74) is 3.32. The molecule has 2 aromatic rings. The van der Waals surface area contributed by atoms with Crippen LogP contribution in [0.15, 0.2) is 54.6 Å². The maximum atomic E-state index is 11.7. The molecule has 1 fully saturated rings. The Balaban J connectivity index is 1.58. The standard InChI is InChI=1S/C23H28N2O4/c1-29-22(26)15-19-7-9-20(10-8-19)16-24-13-14-25(23(27)28)21(17-24)12-11-18-5-3-2-4-6-18/h2-10,21H,11-17H2,1H3,(H,27,28)/t21-/m1/s1. The third kappa shape index (κ3) is 6.06. The number of ether oxygens (including phenoxy) is 1. The Morgan fingerprint density at radius 3 is 2.34 bits per heavy atom. The highest BCUT2D eigenvalue weighted by molar-refractivity contribution is 5.72. The van der Waals surface area contributed by atoms with Gasteiger partial charge in [-0.3, -0.25) is 9.69 Å². The fourth-order valence-corrected chi connectivity index (χ4v) is 3.80. The fourth-order valence-electron chi connectivity index (χ4n) is 3.80. The second kappa shape index (κ2) is 10.1. The van der Waals surface area contributed by atoms with Crippen LogP contribution in [-0.4, -0.2) is 59.8 Å². The molecule has 1 aliphatic heterocycles. The number of aryl methyl sites for hydroxylation is 1. The van der Waals surface area contributed by atoms with Gasteiger partial charge in [0.05, 0.1) is 13.5 Å². The summed E-state index contributed by atoms with van der Waals surface area (Å²) in [7, 11) is 1.39. The number of benzene rings is 2. The lowest BCUT2D eigenvalue weighted by atomic mass is 10.0. The lowest BCUT2D eigenvalue weighted by Crippen LogP contribution is -2.54. The lowest BCUT2D eigenvalue weighted by molar-refractivity contribution is -0.139. The van der Waals surface area contributed by atoms with Crippen molar-refractivity contribution in [1.29, 1.82) is 0 Å². The van der Waals surface area contributed by atoms with Gasteiger partial charge in [-0.15, -0.1) is 0 Å². The number of carbonyl (C=O) groups excluding carboxylic acids is 1. The van der Waals surface area contributed by atoms with Crippen molar-refractivity contribution in [2.45, 2.75) is 31.8 Å². The molecule has 29 heavy (non-hydrogen) atoms. The zero-order valence-corrected chi connectivity index (χ0v) is 16.8. The minimum Gasteiger partial charge on any atom is -0.469 e. The first kappa shape index (κ1) is 20.9. The number of carboxylic acid groups (broad SMARTS) is 1. The first-order valence-electron chi connectivity index (χ1n) is 9.95. The molecule has 0 unspecified atom stereocenters. The predicted molar refractivity (Wildman–Crippen MR) is 111 cm³/mol. The highest BCUT2D eigenvalue weighted by Crippen LogP contribution is 2.18. The normalized spacial score (nSPS) is 17.1. The molecular weight excluding hydrogens is 368 g/mol. The van der Waals surface area contributed by atoms with Crippen LogP contribution in [0.3, 0.4) is 0 Å². The van der Waals surface area contributed by atoms with Gasteiger partial charge in [-0.05, 0) is 29.5 Å². The molecule has 1 aliphatic rings. The SMILES string of the molecule is COC(=O)Cc1ccc(CN2CCN(C(=O)O)[C@H](CCc3ccccc3)C2)cc1. The van der Waals surface area contributed by atoms with E-state index in [4.69, 9.17) is 4.74 Å². The van der Waals surface area contributed by atoms with Crippen molar-refractivity contribution in [2.24, 2.45) is 0 Å². The Morgan fingerprint density at radius 2 is 1.69 bits per heavy atom. The molecule has 0 radical (unpaired) electrons. The van der Waals surface area contributed by atoms with E-state index in [1.165, 1.54) is 12.7 Å². The van der Waals surface area contributed by atoms with Gasteiger partial charge in [-0.25, -0.2) is 4.79 Å². The summed E-state index contributed by atoms with van der Waals surface area (Å²) in [4.78, 5) is 26.9. The molecule has 3 rings (SSSR count). The van der Waals surface area contributed by atoms with Crippen LogP contribution in [0.2, 0.25) is 0 Å². The maximum absolute atomic E-state index is 11.7. The molecule has 0 bridgehead atoms. The van der Waals surface area contributed by atoms with Crippen LogP contribution < -0.4 is 0 Å². The number of hydrogen-bond acceptors (Lipinski definition) is 4. The van der Waals surface area contributed by atoms with Gasteiger partial charge in [0.1, 0.15) is 0 Å². The third-order valence-electron chi connectivity index (χ3n) is 5.43. The minimum absolute atomic E-state index is 0.0138. The van der Waals surface area contributed by atoms with Crippen molar-refractivity contribution in [3.63, 3.8) is 0 Å². The summed E-state index contributed by atoms with van der Waals surface area (Å²) in [6.07, 6.45) is 1.11. The molecule has 1 saturated heterocycles. The van der Waals surface area contributed by atoms with Gasteiger partial charge in [0.15, 0.2) is 0 Å². The quantitative estimate of drug-likeness (QED) is 0.728. The van der Waals surface area contributed by atoms with E-state index in [0.717, 1.165) is 43.6 Å². The number of carbonyl (C=O) groups is 2. The molecule has 154 valence electrons. The zero-order valence-electron chi connectivity index (χ0n) is 16.8. The second-order valence-corrected chi connectivity index (χ2v) is 7.46. The summed E-state index contributed by atoms with van der Waals surface area (Å²) >= 11 is 0. The molecule has 1 amide bonds. The topological polar surface area (TPSA) is 70.1 Å². The molecule has 0 saturated carbocycles. The first-order chi connectivity index (χ1) is 14.0. The van der Waals surface area contributed by atoms with Gasteiger partial charge in [0.2, 0.25) is 0 Å². The van der Waals surface area contributed by atoms with E-state index in [1.54, 1.807) is 4.90 Å². The number of nitrogens with zero attached hydrogens (tertiary/aromatic N) is 2. The van der Waals surface area contributed by atoms with Gasteiger partial charge in [0, 0.05) is 32.2 Å². The summed E-state index contributed by atoms with van der Waals surface area (Å²) in [5.74, 6) is -0.246. The van der Waals surface area contributed by atoms with Crippen molar-refractivity contribution >= 4 is 12.1 Å². The number of amides is 1. The van der Waals surface area contributed by atoms with Crippen LogP contribution in [0.25, 0.3) is 0 Å². The Kier molecular flexibility index (Phi) is 7.25. The van der Waals surface area contributed by atoms with Crippen molar-refractivity contribution in [3.05, 3.63) is 71.3 Å². The van der Waals surface area contributed by atoms with Crippen LogP contribution >= 0.6 is 0 Å². The Hall–Kier alpha value is -2.86. The molecular formula is C23H28N2O4. The highest BCUT2D eigenvalue weighted by atomic mass is 16.5. The molecule has 0 spiro atoms. The summed E-state index contributed by atoms with van der Waals surface area (Å²) in [5, 5.41) is 9.57. The molecule has 6 nitrogen and oxygen atoms in total. The fraction of sp³-hybridized carbons (Fsp3) is 0.391. The van der Waals surface area contributed by atoms with Gasteiger partial charge in [-0.2, -0.15) is 0 Å². The molecule has 1 atom stereocenters. The smallest absolute Gasteiger partial charge is 0.407 e. The number of methoxy groups -OCH3 is 1. The molecule has 1 heterocycles. The van der Waals surface area contributed by atoms with E-state index in [1.807, 2.05) is 42.5 Å². The van der Waals surface area contributed by atoms with Crippen LogP contribution in [0.1, 0.15) is 23.1 Å². The largest absolute Gasteiger partial charge is 0.469 e. The number of esters is 1. The molecule has 0 aromatic heterocycles. The van der Waals surface area contributed by atoms with E-state index < -0.39 is 6.09 Å². The maximum Gasteiger partial charge on any atom is 0.407 e. The Bertz CT molecular complexity index is 807. The Labute approximate surface area is 171 Å². The lowest BCUT2D eigenvalue weighted by Gasteiger charge is -2.40. The monoisotopic (exact) mass is 396 g/mol. The average Bonchev–Trinajstić information content (AvgIpc) is 2.74. The van der Waals surface area contributed by atoms with Crippen molar-refractivity contribution in [1.82, 2.24) is 9.80 Å². The van der Waals surface area contributed by atoms with Crippen LogP contribution in [0.5, 0.6) is 0 Å². The summed E-state index contributed by atoms with van der Waals surface area (Å²) in [6.45, 7) is 2.74. The van der Waals surface area contributed by atoms with Crippen LogP contribution in [0, 0.1) is 0 Å². The van der Waals surface area contributed by atoms with Gasteiger partial charge in [0.25, 0.3) is 0 Å². The Morgan fingerprint density at radius 1 is 1.00 bits per heavy atom. The van der Waals surface area contributed by atoms with Gasteiger partial charge in [-0.1, -0.05) is 54.6 Å². The third-order valence-corrected chi connectivity index (χ3v) is 5.43. The first-order valence-corrected chi connectivity index (χ1v) is 9.95. The van der Waals surface area contributed by atoms with E-state index in [9.17, 15) is 14.7 Å². The predicted octanol–water partition coefficient (Wildman–Crippen LogP) is 3.20. The number of rotatable bonds is 7. The van der Waals surface area contributed by atoms with E-state index in [0.29, 0.717) is 6.54 Å². The van der Waals surface area contributed by atoms with Crippen molar-refractivity contribution in [2.75, 3.05) is 26.7 Å². The zero-order chi connectivity index (χ0) is 20.6.